The van der Waals surface area contributed by atoms with Gasteiger partial charge in [-0.25, -0.2) is 0 Å². The van der Waals surface area contributed by atoms with Crippen LogP contribution in [-0.2, 0) is 16.0 Å². The minimum atomic E-state index is -0.251. The summed E-state index contributed by atoms with van der Waals surface area (Å²) in [5, 5.41) is 0. The molecule has 0 radical (unpaired) electrons. The SMILES string of the molecule is CN(C(=O)C1CC(=O)N(CCc2ccccc2)C1)c1ccccc1. The van der Waals surface area contributed by atoms with Crippen LogP contribution in [0.3, 0.4) is 0 Å². The fraction of sp³-hybridized carbons (Fsp3) is 0.300. The Hall–Kier alpha value is -2.62. The van der Waals surface area contributed by atoms with E-state index < -0.39 is 0 Å². The Kier molecular flexibility index (Phi) is 4.94. The summed E-state index contributed by atoms with van der Waals surface area (Å²) in [6.45, 7) is 1.18. The minimum Gasteiger partial charge on any atom is -0.342 e. The molecule has 3 rings (SSSR count). The number of para-hydroxylation sites is 1. The minimum absolute atomic E-state index is 0.0109. The van der Waals surface area contributed by atoms with Gasteiger partial charge in [0, 0.05) is 32.2 Å². The number of amides is 2. The number of carbonyl (C=O) groups is 2. The maximum atomic E-state index is 12.7. The lowest BCUT2D eigenvalue weighted by atomic mass is 10.1. The van der Waals surface area contributed by atoms with Gasteiger partial charge in [0.05, 0.1) is 5.92 Å². The monoisotopic (exact) mass is 322 g/mol. The molecule has 1 atom stereocenters. The molecule has 0 aliphatic carbocycles. The largest absolute Gasteiger partial charge is 0.342 e. The fourth-order valence-corrected chi connectivity index (χ4v) is 3.12. The van der Waals surface area contributed by atoms with Crippen molar-refractivity contribution in [1.82, 2.24) is 4.90 Å². The number of rotatable bonds is 5. The summed E-state index contributed by atoms with van der Waals surface area (Å²) < 4.78 is 0. The molecule has 124 valence electrons. The molecule has 0 saturated carbocycles. The van der Waals surface area contributed by atoms with E-state index in [-0.39, 0.29) is 17.7 Å². The third kappa shape index (κ3) is 3.65. The number of hydrogen-bond donors (Lipinski definition) is 0. The van der Waals surface area contributed by atoms with Gasteiger partial charge in [-0.2, -0.15) is 0 Å². The first kappa shape index (κ1) is 16.2. The summed E-state index contributed by atoms with van der Waals surface area (Å²) in [6, 6.07) is 19.7. The summed E-state index contributed by atoms with van der Waals surface area (Å²) in [4.78, 5) is 28.3. The van der Waals surface area contributed by atoms with E-state index in [2.05, 4.69) is 12.1 Å². The van der Waals surface area contributed by atoms with Gasteiger partial charge in [0.25, 0.3) is 0 Å². The van der Waals surface area contributed by atoms with E-state index in [0.29, 0.717) is 19.5 Å². The molecule has 24 heavy (non-hydrogen) atoms. The van der Waals surface area contributed by atoms with Crippen molar-refractivity contribution in [3.05, 3.63) is 66.2 Å². The molecule has 1 aliphatic heterocycles. The summed E-state index contributed by atoms with van der Waals surface area (Å²) >= 11 is 0. The smallest absolute Gasteiger partial charge is 0.232 e. The Morgan fingerprint density at radius 3 is 2.38 bits per heavy atom. The number of benzene rings is 2. The van der Waals surface area contributed by atoms with Gasteiger partial charge in [-0.1, -0.05) is 48.5 Å². The highest BCUT2D eigenvalue weighted by molar-refractivity contribution is 5.98. The normalized spacial score (nSPS) is 17.1. The van der Waals surface area contributed by atoms with Gasteiger partial charge in [0.15, 0.2) is 0 Å². The van der Waals surface area contributed by atoms with E-state index >= 15 is 0 Å². The number of hydrogen-bond acceptors (Lipinski definition) is 2. The predicted molar refractivity (Wildman–Crippen MR) is 94.7 cm³/mol. The number of carbonyl (C=O) groups excluding carboxylic acids is 2. The quantitative estimate of drug-likeness (QED) is 0.849. The van der Waals surface area contributed by atoms with Gasteiger partial charge >= 0.3 is 0 Å². The Balaban J connectivity index is 1.59. The first-order valence-corrected chi connectivity index (χ1v) is 8.29. The second-order valence-electron chi connectivity index (χ2n) is 6.21. The molecule has 1 unspecified atom stereocenters. The van der Waals surface area contributed by atoms with Gasteiger partial charge < -0.3 is 9.80 Å². The molecule has 2 aromatic carbocycles. The van der Waals surface area contributed by atoms with E-state index in [1.54, 1.807) is 11.9 Å². The Bertz CT molecular complexity index is 700. The molecule has 0 spiro atoms. The van der Waals surface area contributed by atoms with Crippen LogP contribution in [0.25, 0.3) is 0 Å². The summed E-state index contributed by atoms with van der Waals surface area (Å²) in [6.07, 6.45) is 1.13. The van der Waals surface area contributed by atoms with Crippen LogP contribution >= 0.6 is 0 Å². The summed E-state index contributed by atoms with van der Waals surface area (Å²) in [5.74, 6) is -0.166. The molecule has 1 saturated heterocycles. The molecule has 2 aromatic rings. The van der Waals surface area contributed by atoms with Crippen LogP contribution in [0, 0.1) is 5.92 Å². The lowest BCUT2D eigenvalue weighted by molar-refractivity contribution is -0.128. The van der Waals surface area contributed by atoms with Crippen LogP contribution in [-0.4, -0.2) is 36.9 Å². The second-order valence-corrected chi connectivity index (χ2v) is 6.21. The Morgan fingerprint density at radius 2 is 1.71 bits per heavy atom. The highest BCUT2D eigenvalue weighted by atomic mass is 16.2. The van der Waals surface area contributed by atoms with Crippen molar-refractivity contribution in [1.29, 1.82) is 0 Å². The molecule has 0 N–H and O–H groups in total. The van der Waals surface area contributed by atoms with Crippen LogP contribution in [0.5, 0.6) is 0 Å². The van der Waals surface area contributed by atoms with Crippen molar-refractivity contribution in [2.75, 3.05) is 25.0 Å². The van der Waals surface area contributed by atoms with Gasteiger partial charge in [0.1, 0.15) is 0 Å². The van der Waals surface area contributed by atoms with Gasteiger partial charge in [-0.3, -0.25) is 9.59 Å². The molecule has 1 aliphatic rings. The van der Waals surface area contributed by atoms with Crippen molar-refractivity contribution in [3.63, 3.8) is 0 Å². The summed E-state index contributed by atoms with van der Waals surface area (Å²) in [5.41, 5.74) is 2.07. The fourth-order valence-electron chi connectivity index (χ4n) is 3.12. The molecule has 2 amide bonds. The third-order valence-electron chi connectivity index (χ3n) is 4.55. The van der Waals surface area contributed by atoms with Crippen molar-refractivity contribution in [2.24, 2.45) is 5.92 Å². The molecular formula is C20H22N2O2. The first-order chi connectivity index (χ1) is 11.6. The number of nitrogens with zero attached hydrogens (tertiary/aromatic N) is 2. The summed E-state index contributed by atoms with van der Waals surface area (Å²) in [7, 11) is 1.77. The topological polar surface area (TPSA) is 40.6 Å². The van der Waals surface area contributed by atoms with Crippen LogP contribution in [0.15, 0.2) is 60.7 Å². The lowest BCUT2D eigenvalue weighted by Crippen LogP contribution is -2.35. The van der Waals surface area contributed by atoms with Crippen LogP contribution in [0.2, 0.25) is 0 Å². The first-order valence-electron chi connectivity index (χ1n) is 8.29. The Labute approximate surface area is 142 Å². The molecule has 1 heterocycles. The maximum Gasteiger partial charge on any atom is 0.232 e. The highest BCUT2D eigenvalue weighted by Crippen LogP contribution is 2.23. The van der Waals surface area contributed by atoms with E-state index in [1.807, 2.05) is 53.4 Å². The standard InChI is InChI=1S/C20H22N2O2/c1-21(18-10-6-3-7-11-18)20(24)17-14-19(23)22(15-17)13-12-16-8-4-2-5-9-16/h2-11,17H,12-15H2,1H3. The van der Waals surface area contributed by atoms with Gasteiger partial charge in [0.2, 0.25) is 11.8 Å². The van der Waals surface area contributed by atoms with Gasteiger partial charge in [-0.15, -0.1) is 0 Å². The average Bonchev–Trinajstić information content (AvgIpc) is 3.01. The van der Waals surface area contributed by atoms with E-state index in [1.165, 1.54) is 5.56 Å². The molecule has 0 aromatic heterocycles. The molecule has 4 heteroatoms. The lowest BCUT2D eigenvalue weighted by Gasteiger charge is -2.21. The zero-order valence-electron chi connectivity index (χ0n) is 13.9. The number of likely N-dealkylation sites (tertiary alicyclic amines) is 1. The zero-order chi connectivity index (χ0) is 16.9. The van der Waals surface area contributed by atoms with Crippen molar-refractivity contribution < 1.29 is 9.59 Å². The van der Waals surface area contributed by atoms with Gasteiger partial charge in [-0.05, 0) is 24.1 Å². The molecular weight excluding hydrogens is 300 g/mol. The van der Waals surface area contributed by atoms with E-state index in [4.69, 9.17) is 0 Å². The maximum absolute atomic E-state index is 12.7. The van der Waals surface area contributed by atoms with Crippen LogP contribution < -0.4 is 4.90 Å². The van der Waals surface area contributed by atoms with Crippen molar-refractivity contribution in [3.8, 4) is 0 Å². The average molecular weight is 322 g/mol. The van der Waals surface area contributed by atoms with Crippen molar-refractivity contribution >= 4 is 17.5 Å². The van der Waals surface area contributed by atoms with Crippen molar-refractivity contribution in [2.45, 2.75) is 12.8 Å². The van der Waals surface area contributed by atoms with E-state index in [9.17, 15) is 9.59 Å². The highest BCUT2D eigenvalue weighted by Gasteiger charge is 2.35. The Morgan fingerprint density at radius 1 is 1.08 bits per heavy atom. The zero-order valence-corrected chi connectivity index (χ0v) is 13.9. The molecule has 1 fully saturated rings. The second kappa shape index (κ2) is 7.30. The number of anilines is 1. The van der Waals surface area contributed by atoms with Crippen LogP contribution in [0.1, 0.15) is 12.0 Å². The van der Waals surface area contributed by atoms with Crippen LogP contribution in [0.4, 0.5) is 5.69 Å². The third-order valence-corrected chi connectivity index (χ3v) is 4.55. The molecule has 0 bridgehead atoms. The molecule has 4 nitrogen and oxygen atoms in total. The predicted octanol–water partition coefficient (Wildman–Crippen LogP) is 2.74. The van der Waals surface area contributed by atoms with E-state index in [0.717, 1.165) is 12.1 Å².